The van der Waals surface area contributed by atoms with E-state index < -0.39 is 6.61 Å². The molecule has 1 aliphatic rings. The summed E-state index contributed by atoms with van der Waals surface area (Å²) < 4.78 is 45.4. The predicted octanol–water partition coefficient (Wildman–Crippen LogP) is 3.62. The van der Waals surface area contributed by atoms with Crippen LogP contribution in [0.15, 0.2) is 30.3 Å². The van der Waals surface area contributed by atoms with Crippen LogP contribution in [0.2, 0.25) is 5.02 Å². The number of methoxy groups -OCH3 is 1. The Morgan fingerprint density at radius 2 is 1.97 bits per heavy atom. The van der Waals surface area contributed by atoms with Crippen LogP contribution in [-0.4, -0.2) is 39.4 Å². The molecule has 1 heterocycles. The Morgan fingerprint density at radius 3 is 2.72 bits per heavy atom. The first kappa shape index (κ1) is 21.0. The molecule has 6 nitrogen and oxygen atoms in total. The van der Waals surface area contributed by atoms with E-state index in [2.05, 4.69) is 10.1 Å². The summed E-state index contributed by atoms with van der Waals surface area (Å²) in [5.74, 6) is 0.987. The Hall–Kier alpha value is -2.74. The molecule has 1 N–H and O–H groups in total. The van der Waals surface area contributed by atoms with Crippen LogP contribution in [0.3, 0.4) is 0 Å². The van der Waals surface area contributed by atoms with E-state index in [4.69, 9.17) is 25.8 Å². The fraction of sp³-hybridized carbons (Fsp3) is 0.350. The Balaban J connectivity index is 1.54. The van der Waals surface area contributed by atoms with Gasteiger partial charge in [0.05, 0.1) is 18.6 Å². The maximum atomic E-state index is 12.5. The van der Waals surface area contributed by atoms with E-state index >= 15 is 0 Å². The van der Waals surface area contributed by atoms with Gasteiger partial charge < -0.3 is 24.3 Å². The van der Waals surface area contributed by atoms with Crippen molar-refractivity contribution >= 4 is 17.5 Å². The molecule has 1 aliphatic heterocycles. The fourth-order valence-corrected chi connectivity index (χ4v) is 3.21. The lowest BCUT2D eigenvalue weighted by Crippen LogP contribution is -2.27. The van der Waals surface area contributed by atoms with Crippen molar-refractivity contribution in [3.63, 3.8) is 0 Å². The van der Waals surface area contributed by atoms with Crippen molar-refractivity contribution in [2.45, 2.75) is 19.5 Å². The van der Waals surface area contributed by atoms with Crippen LogP contribution in [0, 0.1) is 0 Å². The number of rotatable bonds is 8. The molecular formula is C20H20ClF2NO5. The lowest BCUT2D eigenvalue weighted by atomic mass is 10.1. The van der Waals surface area contributed by atoms with E-state index in [1.807, 2.05) is 0 Å². The second kappa shape index (κ2) is 9.65. The number of fused-ring (bicyclic) bond motifs is 1. The van der Waals surface area contributed by atoms with Gasteiger partial charge in [0.25, 0.3) is 0 Å². The van der Waals surface area contributed by atoms with Crippen molar-refractivity contribution in [2.75, 3.05) is 26.9 Å². The van der Waals surface area contributed by atoms with Crippen LogP contribution in [-0.2, 0) is 17.6 Å². The number of carbonyl (C=O) groups is 1. The maximum Gasteiger partial charge on any atom is 0.387 e. The number of halogens is 3. The van der Waals surface area contributed by atoms with Gasteiger partial charge in [-0.05, 0) is 41.8 Å². The summed E-state index contributed by atoms with van der Waals surface area (Å²) in [5.41, 5.74) is 1.43. The Labute approximate surface area is 171 Å². The van der Waals surface area contributed by atoms with Crippen molar-refractivity contribution in [2.24, 2.45) is 0 Å². The van der Waals surface area contributed by atoms with E-state index in [1.54, 1.807) is 24.3 Å². The average molecular weight is 428 g/mol. The van der Waals surface area contributed by atoms with Gasteiger partial charge in [0.2, 0.25) is 5.91 Å². The molecule has 2 aromatic carbocycles. The number of alkyl halides is 2. The van der Waals surface area contributed by atoms with Crippen molar-refractivity contribution < 1.29 is 32.5 Å². The maximum absolute atomic E-state index is 12.5. The monoisotopic (exact) mass is 427 g/mol. The normalized spacial score (nSPS) is 12.6. The zero-order chi connectivity index (χ0) is 20.8. The molecule has 0 fully saturated rings. The minimum Gasteiger partial charge on any atom is -0.493 e. The minimum atomic E-state index is -2.95. The number of nitrogens with one attached hydrogen (secondary N) is 1. The van der Waals surface area contributed by atoms with Crippen LogP contribution in [0.4, 0.5) is 8.78 Å². The summed E-state index contributed by atoms with van der Waals surface area (Å²) in [6, 6.07) is 8.15. The number of ether oxygens (including phenoxy) is 4. The predicted molar refractivity (Wildman–Crippen MR) is 102 cm³/mol. The molecule has 29 heavy (non-hydrogen) atoms. The Kier molecular flexibility index (Phi) is 6.98. The molecule has 1 amide bonds. The van der Waals surface area contributed by atoms with Crippen LogP contribution in [0.5, 0.6) is 23.0 Å². The third-order valence-corrected chi connectivity index (χ3v) is 4.48. The molecule has 156 valence electrons. The SMILES string of the molecule is COc1ccc(CCNC(=O)Cc2cc(Cl)c3c(c2)OCCO3)cc1OC(F)F. The zero-order valence-electron chi connectivity index (χ0n) is 15.7. The smallest absolute Gasteiger partial charge is 0.387 e. The van der Waals surface area contributed by atoms with Crippen LogP contribution in [0.25, 0.3) is 0 Å². The summed E-state index contributed by atoms with van der Waals surface area (Å²) in [7, 11) is 1.37. The second-order valence-electron chi connectivity index (χ2n) is 6.24. The van der Waals surface area contributed by atoms with Gasteiger partial charge in [0.15, 0.2) is 23.0 Å². The van der Waals surface area contributed by atoms with Crippen LogP contribution < -0.4 is 24.3 Å². The first-order chi connectivity index (χ1) is 14.0. The van der Waals surface area contributed by atoms with Crippen LogP contribution in [0.1, 0.15) is 11.1 Å². The van der Waals surface area contributed by atoms with Crippen molar-refractivity contribution in [3.8, 4) is 23.0 Å². The van der Waals surface area contributed by atoms with Gasteiger partial charge in [-0.15, -0.1) is 0 Å². The first-order valence-electron chi connectivity index (χ1n) is 8.92. The summed E-state index contributed by atoms with van der Waals surface area (Å²) in [6.45, 7) is -1.76. The van der Waals surface area contributed by atoms with Gasteiger partial charge in [-0.2, -0.15) is 8.78 Å². The average Bonchev–Trinajstić information content (AvgIpc) is 2.68. The van der Waals surface area contributed by atoms with Crippen molar-refractivity contribution in [1.82, 2.24) is 5.32 Å². The van der Waals surface area contributed by atoms with Gasteiger partial charge in [-0.3, -0.25) is 4.79 Å². The summed E-state index contributed by atoms with van der Waals surface area (Å²) >= 11 is 6.18. The van der Waals surface area contributed by atoms with Crippen molar-refractivity contribution in [3.05, 3.63) is 46.5 Å². The van der Waals surface area contributed by atoms with Gasteiger partial charge >= 0.3 is 6.61 Å². The third-order valence-electron chi connectivity index (χ3n) is 4.20. The lowest BCUT2D eigenvalue weighted by molar-refractivity contribution is -0.120. The topological polar surface area (TPSA) is 66.0 Å². The highest BCUT2D eigenvalue weighted by Crippen LogP contribution is 2.38. The number of hydrogen-bond acceptors (Lipinski definition) is 5. The number of carbonyl (C=O) groups excluding carboxylic acids is 1. The molecule has 0 atom stereocenters. The Bertz CT molecular complexity index is 878. The standard InChI is InChI=1S/C20H20ClF2NO5/c1-26-15-3-2-12(9-16(15)29-20(22)23)4-5-24-18(25)11-13-8-14(21)19-17(10-13)27-6-7-28-19/h2-3,8-10,20H,4-7,11H2,1H3,(H,24,25). The Morgan fingerprint density at radius 1 is 1.17 bits per heavy atom. The molecule has 3 rings (SSSR count). The molecule has 0 saturated heterocycles. The van der Waals surface area contributed by atoms with Crippen molar-refractivity contribution in [1.29, 1.82) is 0 Å². The number of amides is 1. The molecule has 0 aliphatic carbocycles. The number of hydrogen-bond donors (Lipinski definition) is 1. The first-order valence-corrected chi connectivity index (χ1v) is 9.30. The van der Waals surface area contributed by atoms with Gasteiger partial charge in [0.1, 0.15) is 13.2 Å². The highest BCUT2D eigenvalue weighted by atomic mass is 35.5. The van der Waals surface area contributed by atoms with E-state index in [0.717, 1.165) is 5.56 Å². The quantitative estimate of drug-likeness (QED) is 0.697. The second-order valence-corrected chi connectivity index (χ2v) is 6.65. The molecule has 9 heteroatoms. The molecule has 0 aromatic heterocycles. The van der Waals surface area contributed by atoms with E-state index in [1.165, 1.54) is 13.2 Å². The van der Waals surface area contributed by atoms with E-state index in [-0.39, 0.29) is 23.8 Å². The molecule has 0 saturated carbocycles. The largest absolute Gasteiger partial charge is 0.493 e. The molecule has 0 radical (unpaired) electrons. The summed E-state index contributed by atoms with van der Waals surface area (Å²) in [4.78, 5) is 12.2. The fourth-order valence-electron chi connectivity index (χ4n) is 2.93. The molecule has 0 bridgehead atoms. The lowest BCUT2D eigenvalue weighted by Gasteiger charge is -2.20. The molecule has 2 aromatic rings. The van der Waals surface area contributed by atoms with E-state index in [9.17, 15) is 13.6 Å². The van der Waals surface area contributed by atoms with Gasteiger partial charge in [-0.1, -0.05) is 17.7 Å². The van der Waals surface area contributed by atoms with E-state index in [0.29, 0.717) is 48.3 Å². The molecular weight excluding hydrogens is 408 g/mol. The third kappa shape index (κ3) is 5.63. The summed E-state index contributed by atoms with van der Waals surface area (Å²) in [5, 5.41) is 3.19. The highest BCUT2D eigenvalue weighted by molar-refractivity contribution is 6.32. The van der Waals surface area contributed by atoms with Crippen LogP contribution >= 0.6 is 11.6 Å². The van der Waals surface area contributed by atoms with Gasteiger partial charge in [-0.25, -0.2) is 0 Å². The van der Waals surface area contributed by atoms with Gasteiger partial charge in [0, 0.05) is 6.54 Å². The minimum absolute atomic E-state index is 0.0442. The zero-order valence-corrected chi connectivity index (χ0v) is 16.4. The highest BCUT2D eigenvalue weighted by Gasteiger charge is 2.18. The summed E-state index contributed by atoms with van der Waals surface area (Å²) in [6.07, 6.45) is 0.565. The molecule has 0 spiro atoms. The molecule has 0 unspecified atom stereocenters. The number of benzene rings is 2.